The fraction of sp³-hybridized carbons (Fsp3) is 0.333. The lowest BCUT2D eigenvalue weighted by molar-refractivity contribution is 0.0706. The van der Waals surface area contributed by atoms with Crippen LogP contribution in [0.25, 0.3) is 11.1 Å². The lowest BCUT2D eigenvalue weighted by Crippen LogP contribution is -2.38. The predicted molar refractivity (Wildman–Crippen MR) is 99.6 cm³/mol. The third-order valence-corrected chi connectivity index (χ3v) is 5.10. The van der Waals surface area contributed by atoms with Gasteiger partial charge in [-0.2, -0.15) is 0 Å². The fourth-order valence-electron chi connectivity index (χ4n) is 3.53. The van der Waals surface area contributed by atoms with Crippen molar-refractivity contribution in [1.82, 2.24) is 9.88 Å². The first-order valence-electron chi connectivity index (χ1n) is 8.95. The van der Waals surface area contributed by atoms with Crippen molar-refractivity contribution >= 4 is 17.0 Å². The molecule has 26 heavy (non-hydrogen) atoms. The number of piperidine rings is 1. The average Bonchev–Trinajstić information content (AvgIpc) is 3.12. The van der Waals surface area contributed by atoms with Gasteiger partial charge in [-0.3, -0.25) is 4.79 Å². The molecule has 1 saturated heterocycles. The Morgan fingerprint density at radius 2 is 1.96 bits per heavy atom. The van der Waals surface area contributed by atoms with Gasteiger partial charge in [-0.25, -0.2) is 4.98 Å². The van der Waals surface area contributed by atoms with Gasteiger partial charge in [0.25, 0.3) is 5.91 Å². The Kier molecular flexibility index (Phi) is 4.37. The van der Waals surface area contributed by atoms with Gasteiger partial charge in [0.05, 0.1) is 7.11 Å². The number of para-hydroxylation sites is 2. The van der Waals surface area contributed by atoms with Gasteiger partial charge in [0.2, 0.25) is 0 Å². The predicted octanol–water partition coefficient (Wildman–Crippen LogP) is 4.16. The molecular formula is C21H22N2O3. The molecule has 0 radical (unpaired) electrons. The number of hydrogen-bond donors (Lipinski definition) is 0. The lowest BCUT2D eigenvalue weighted by Gasteiger charge is -2.30. The highest BCUT2D eigenvalue weighted by Gasteiger charge is 2.27. The molecule has 3 aromatic rings. The van der Waals surface area contributed by atoms with Crippen LogP contribution in [0.2, 0.25) is 0 Å². The van der Waals surface area contributed by atoms with Crippen molar-refractivity contribution < 1.29 is 13.9 Å². The molecule has 4 rings (SSSR count). The SMILES string of the molecule is COc1cc(C(=O)N2CCC(c3nc4ccccc4o3)CC2)ccc1C. The van der Waals surface area contributed by atoms with Crippen molar-refractivity contribution in [3.05, 3.63) is 59.5 Å². The van der Waals surface area contributed by atoms with Crippen LogP contribution in [-0.4, -0.2) is 36.0 Å². The largest absolute Gasteiger partial charge is 0.496 e. The maximum atomic E-state index is 12.8. The van der Waals surface area contributed by atoms with E-state index < -0.39 is 0 Å². The minimum absolute atomic E-state index is 0.0549. The number of aromatic nitrogens is 1. The highest BCUT2D eigenvalue weighted by atomic mass is 16.5. The van der Waals surface area contributed by atoms with Crippen LogP contribution in [0.4, 0.5) is 0 Å². The zero-order chi connectivity index (χ0) is 18.1. The van der Waals surface area contributed by atoms with Crippen LogP contribution in [-0.2, 0) is 0 Å². The van der Waals surface area contributed by atoms with E-state index in [0.717, 1.165) is 41.1 Å². The van der Waals surface area contributed by atoms with E-state index in [9.17, 15) is 4.79 Å². The van der Waals surface area contributed by atoms with E-state index in [1.807, 2.05) is 54.3 Å². The van der Waals surface area contributed by atoms with Gasteiger partial charge in [0.1, 0.15) is 11.3 Å². The number of methoxy groups -OCH3 is 1. The molecule has 1 fully saturated rings. The number of oxazole rings is 1. The number of nitrogens with zero attached hydrogens (tertiary/aromatic N) is 2. The maximum Gasteiger partial charge on any atom is 0.253 e. The second-order valence-electron chi connectivity index (χ2n) is 6.77. The van der Waals surface area contributed by atoms with Crippen LogP contribution in [0.5, 0.6) is 5.75 Å². The summed E-state index contributed by atoms with van der Waals surface area (Å²) in [5, 5.41) is 0. The van der Waals surface area contributed by atoms with Crippen LogP contribution < -0.4 is 4.74 Å². The summed E-state index contributed by atoms with van der Waals surface area (Å²) in [5.74, 6) is 1.85. The van der Waals surface area contributed by atoms with Crippen molar-refractivity contribution in [1.29, 1.82) is 0 Å². The van der Waals surface area contributed by atoms with Gasteiger partial charge in [-0.1, -0.05) is 18.2 Å². The highest BCUT2D eigenvalue weighted by Crippen LogP contribution is 2.30. The molecule has 2 heterocycles. The van der Waals surface area contributed by atoms with Crippen molar-refractivity contribution in [2.75, 3.05) is 20.2 Å². The Morgan fingerprint density at radius 3 is 2.69 bits per heavy atom. The van der Waals surface area contributed by atoms with Gasteiger partial charge in [0, 0.05) is 24.6 Å². The van der Waals surface area contributed by atoms with E-state index >= 15 is 0 Å². The first-order chi connectivity index (χ1) is 12.7. The molecule has 2 aromatic carbocycles. The Morgan fingerprint density at radius 1 is 1.19 bits per heavy atom. The number of benzene rings is 2. The number of likely N-dealkylation sites (tertiary alicyclic amines) is 1. The highest BCUT2D eigenvalue weighted by molar-refractivity contribution is 5.94. The molecule has 1 aliphatic rings. The number of amides is 1. The van der Waals surface area contributed by atoms with Gasteiger partial charge in [-0.05, 0) is 49.6 Å². The monoisotopic (exact) mass is 350 g/mol. The number of aryl methyl sites for hydroxylation is 1. The quantitative estimate of drug-likeness (QED) is 0.711. The molecule has 0 aliphatic carbocycles. The molecule has 5 heteroatoms. The van der Waals surface area contributed by atoms with Crippen LogP contribution in [0.3, 0.4) is 0 Å². The van der Waals surface area contributed by atoms with E-state index in [2.05, 4.69) is 4.98 Å². The zero-order valence-electron chi connectivity index (χ0n) is 15.1. The summed E-state index contributed by atoms with van der Waals surface area (Å²) >= 11 is 0. The summed E-state index contributed by atoms with van der Waals surface area (Å²) in [4.78, 5) is 19.3. The smallest absolute Gasteiger partial charge is 0.253 e. The van der Waals surface area contributed by atoms with Crippen LogP contribution in [0.15, 0.2) is 46.9 Å². The second-order valence-corrected chi connectivity index (χ2v) is 6.77. The number of carbonyl (C=O) groups excluding carboxylic acids is 1. The topological polar surface area (TPSA) is 55.6 Å². The van der Waals surface area contributed by atoms with Crippen molar-refractivity contribution in [2.45, 2.75) is 25.7 Å². The molecule has 0 spiro atoms. The number of carbonyl (C=O) groups is 1. The van der Waals surface area contributed by atoms with E-state index in [-0.39, 0.29) is 11.8 Å². The van der Waals surface area contributed by atoms with E-state index in [4.69, 9.17) is 9.15 Å². The molecular weight excluding hydrogens is 328 g/mol. The molecule has 5 nitrogen and oxygen atoms in total. The number of fused-ring (bicyclic) bond motifs is 1. The number of rotatable bonds is 3. The van der Waals surface area contributed by atoms with Gasteiger partial charge in [0.15, 0.2) is 11.5 Å². The molecule has 0 N–H and O–H groups in total. The third kappa shape index (κ3) is 3.05. The van der Waals surface area contributed by atoms with E-state index in [1.54, 1.807) is 7.11 Å². The average molecular weight is 350 g/mol. The minimum Gasteiger partial charge on any atom is -0.496 e. The van der Waals surface area contributed by atoms with Gasteiger partial charge in [-0.15, -0.1) is 0 Å². The molecule has 1 aromatic heterocycles. The summed E-state index contributed by atoms with van der Waals surface area (Å²) < 4.78 is 11.2. The number of ether oxygens (including phenoxy) is 1. The normalized spacial score (nSPS) is 15.4. The maximum absolute atomic E-state index is 12.8. The molecule has 0 bridgehead atoms. The fourth-order valence-corrected chi connectivity index (χ4v) is 3.53. The van der Waals surface area contributed by atoms with Crippen LogP contribution in [0.1, 0.15) is 40.6 Å². The van der Waals surface area contributed by atoms with Crippen LogP contribution >= 0.6 is 0 Å². The zero-order valence-corrected chi connectivity index (χ0v) is 15.1. The summed E-state index contributed by atoms with van der Waals surface area (Å²) in [6.45, 7) is 3.38. The Hall–Kier alpha value is -2.82. The molecule has 0 atom stereocenters. The molecule has 0 saturated carbocycles. The molecule has 1 aliphatic heterocycles. The molecule has 134 valence electrons. The Labute approximate surface area is 152 Å². The van der Waals surface area contributed by atoms with Gasteiger partial charge < -0.3 is 14.1 Å². The summed E-state index contributed by atoms with van der Waals surface area (Å²) in [5.41, 5.74) is 3.42. The standard InChI is InChI=1S/C21H22N2O3/c1-14-7-8-16(13-19(14)25-2)21(24)23-11-9-15(10-12-23)20-22-17-5-3-4-6-18(17)26-20/h3-8,13,15H,9-12H2,1-2H3. The summed E-state index contributed by atoms with van der Waals surface area (Å²) in [6, 6.07) is 13.4. The second kappa shape index (κ2) is 6.83. The van der Waals surface area contributed by atoms with Crippen LogP contribution in [0, 0.1) is 6.92 Å². The van der Waals surface area contributed by atoms with Crippen molar-refractivity contribution in [3.8, 4) is 5.75 Å². The first-order valence-corrected chi connectivity index (χ1v) is 8.95. The Bertz CT molecular complexity index is 906. The van der Waals surface area contributed by atoms with Crippen molar-refractivity contribution in [2.24, 2.45) is 0 Å². The molecule has 0 unspecified atom stereocenters. The first kappa shape index (κ1) is 16.6. The summed E-state index contributed by atoms with van der Waals surface area (Å²) in [6.07, 6.45) is 1.73. The summed E-state index contributed by atoms with van der Waals surface area (Å²) in [7, 11) is 1.63. The third-order valence-electron chi connectivity index (χ3n) is 5.10. The minimum atomic E-state index is 0.0549. The van der Waals surface area contributed by atoms with Gasteiger partial charge >= 0.3 is 0 Å². The van der Waals surface area contributed by atoms with Crippen molar-refractivity contribution in [3.63, 3.8) is 0 Å². The molecule has 1 amide bonds. The Balaban J connectivity index is 1.45. The van der Waals surface area contributed by atoms with E-state index in [0.29, 0.717) is 18.7 Å². The van der Waals surface area contributed by atoms with E-state index in [1.165, 1.54) is 0 Å². The number of hydrogen-bond acceptors (Lipinski definition) is 4. The lowest BCUT2D eigenvalue weighted by atomic mass is 9.96.